The zero-order chi connectivity index (χ0) is 19.2. The summed E-state index contributed by atoms with van der Waals surface area (Å²) < 4.78 is 15.8. The lowest BCUT2D eigenvalue weighted by atomic mass is 9.85. The molecule has 0 bridgehead atoms. The largest absolute Gasteiger partial charge is 0.497 e. The number of hydrogen-bond donors (Lipinski definition) is 2. The zero-order valence-electron chi connectivity index (χ0n) is 16.4. The van der Waals surface area contributed by atoms with E-state index >= 15 is 0 Å². The van der Waals surface area contributed by atoms with Gasteiger partial charge in [0.1, 0.15) is 5.75 Å². The summed E-state index contributed by atoms with van der Waals surface area (Å²) in [6.07, 6.45) is 0. The van der Waals surface area contributed by atoms with Gasteiger partial charge in [0.05, 0.1) is 27.9 Å². The highest BCUT2D eigenvalue weighted by atomic mass is 127. The number of halogens is 1. The Hall–Kier alpha value is -2.16. The van der Waals surface area contributed by atoms with Gasteiger partial charge < -0.3 is 25.3 Å². The van der Waals surface area contributed by atoms with Crippen LogP contribution in [0.5, 0.6) is 17.2 Å². The quantitative estimate of drug-likeness (QED) is 0.352. The molecule has 2 aromatic carbocycles. The molecule has 3 N–H and O–H groups in total. The Labute approximate surface area is 178 Å². The number of methoxy groups -OCH3 is 3. The van der Waals surface area contributed by atoms with Gasteiger partial charge in [-0.3, -0.25) is 4.99 Å². The Bertz CT molecular complexity index is 779. The molecule has 2 aromatic rings. The maximum Gasteiger partial charge on any atom is 0.193 e. The van der Waals surface area contributed by atoms with Gasteiger partial charge in [-0.25, -0.2) is 0 Å². The topological polar surface area (TPSA) is 78.1 Å². The highest BCUT2D eigenvalue weighted by Gasteiger charge is 2.21. The Balaban J connectivity index is 0.00000364. The molecular weight excluding hydrogens is 457 g/mol. The van der Waals surface area contributed by atoms with Crippen molar-refractivity contribution >= 4 is 35.6 Å². The Morgan fingerprint density at radius 2 is 1.70 bits per heavy atom. The molecule has 0 saturated heterocycles. The van der Waals surface area contributed by atoms with Gasteiger partial charge in [-0.2, -0.15) is 0 Å². The normalized spacial score (nSPS) is 11.4. The second-order valence-corrected chi connectivity index (χ2v) is 6.51. The van der Waals surface area contributed by atoms with Crippen LogP contribution in [0.25, 0.3) is 0 Å². The molecule has 0 radical (unpaired) electrons. The number of nitrogens with zero attached hydrogens (tertiary/aromatic N) is 1. The van der Waals surface area contributed by atoms with Crippen molar-refractivity contribution in [3.8, 4) is 17.2 Å². The number of ether oxygens (including phenoxy) is 3. The molecule has 0 amide bonds. The Kier molecular flexibility index (Phi) is 8.68. The van der Waals surface area contributed by atoms with Gasteiger partial charge in [0.15, 0.2) is 17.5 Å². The van der Waals surface area contributed by atoms with E-state index < -0.39 is 0 Å². The van der Waals surface area contributed by atoms with Crippen LogP contribution in [-0.4, -0.2) is 33.8 Å². The van der Waals surface area contributed by atoms with Crippen LogP contribution >= 0.6 is 24.0 Å². The molecule has 0 unspecified atom stereocenters. The smallest absolute Gasteiger partial charge is 0.193 e. The van der Waals surface area contributed by atoms with Crippen LogP contribution < -0.4 is 25.3 Å². The maximum absolute atomic E-state index is 6.05. The summed E-state index contributed by atoms with van der Waals surface area (Å²) >= 11 is 0. The van der Waals surface area contributed by atoms with Gasteiger partial charge in [-0.15, -0.1) is 24.0 Å². The average molecular weight is 485 g/mol. The van der Waals surface area contributed by atoms with Gasteiger partial charge in [0.25, 0.3) is 0 Å². The molecular formula is C20H28IN3O3. The highest BCUT2D eigenvalue weighted by Crippen LogP contribution is 2.30. The molecule has 0 atom stereocenters. The van der Waals surface area contributed by atoms with E-state index in [9.17, 15) is 0 Å². The lowest BCUT2D eigenvalue weighted by molar-refractivity contribution is 0.355. The van der Waals surface area contributed by atoms with Crippen molar-refractivity contribution in [2.45, 2.75) is 19.3 Å². The number of aliphatic imine (C=N–C) groups is 1. The number of guanidine groups is 1. The van der Waals surface area contributed by atoms with Crippen LogP contribution in [-0.2, 0) is 5.41 Å². The average Bonchev–Trinajstić information content (AvgIpc) is 2.66. The number of nitrogens with two attached hydrogens (primary N) is 1. The molecule has 0 spiro atoms. The van der Waals surface area contributed by atoms with Crippen LogP contribution in [0.3, 0.4) is 0 Å². The van der Waals surface area contributed by atoms with E-state index in [-0.39, 0.29) is 29.4 Å². The summed E-state index contributed by atoms with van der Waals surface area (Å²) in [5.41, 5.74) is 7.79. The first-order valence-electron chi connectivity index (χ1n) is 8.33. The van der Waals surface area contributed by atoms with Gasteiger partial charge in [0, 0.05) is 17.2 Å². The van der Waals surface area contributed by atoms with Crippen molar-refractivity contribution in [3.63, 3.8) is 0 Å². The van der Waals surface area contributed by atoms with Gasteiger partial charge in [-0.1, -0.05) is 26.0 Å². The SMILES string of the molecule is COc1cccc(C(C)(C)CN=C(N)Nc2ccc(OC)c(OC)c2)c1.I. The zero-order valence-corrected chi connectivity index (χ0v) is 18.7. The van der Waals surface area contributed by atoms with Crippen molar-refractivity contribution < 1.29 is 14.2 Å². The fourth-order valence-electron chi connectivity index (χ4n) is 2.52. The summed E-state index contributed by atoms with van der Waals surface area (Å²) in [5.74, 6) is 2.46. The van der Waals surface area contributed by atoms with Crippen LogP contribution in [0.1, 0.15) is 19.4 Å². The van der Waals surface area contributed by atoms with Gasteiger partial charge >= 0.3 is 0 Å². The van der Waals surface area contributed by atoms with Gasteiger partial charge in [-0.05, 0) is 29.8 Å². The fourth-order valence-corrected chi connectivity index (χ4v) is 2.52. The lowest BCUT2D eigenvalue weighted by Crippen LogP contribution is -2.27. The van der Waals surface area contributed by atoms with E-state index in [0.717, 1.165) is 17.0 Å². The predicted molar refractivity (Wildman–Crippen MR) is 121 cm³/mol. The van der Waals surface area contributed by atoms with Crippen molar-refractivity contribution in [3.05, 3.63) is 48.0 Å². The second-order valence-electron chi connectivity index (χ2n) is 6.51. The molecule has 0 saturated carbocycles. The van der Waals surface area contributed by atoms with Crippen molar-refractivity contribution in [1.29, 1.82) is 0 Å². The van der Waals surface area contributed by atoms with E-state index in [4.69, 9.17) is 19.9 Å². The Morgan fingerprint density at radius 1 is 1.00 bits per heavy atom. The molecule has 0 aromatic heterocycles. The first-order chi connectivity index (χ1) is 12.4. The number of hydrogen-bond acceptors (Lipinski definition) is 4. The standard InChI is InChI=1S/C20H27N3O3.HI/c1-20(2,14-7-6-8-16(11-14)24-3)13-22-19(21)23-15-9-10-17(25-4)18(12-15)26-5;/h6-12H,13H2,1-5H3,(H3,21,22,23);1H. The number of rotatable bonds is 7. The second kappa shape index (κ2) is 10.2. The molecule has 0 aliphatic rings. The molecule has 0 aliphatic carbocycles. The monoisotopic (exact) mass is 485 g/mol. The number of anilines is 1. The fraction of sp³-hybridized carbons (Fsp3) is 0.350. The summed E-state index contributed by atoms with van der Waals surface area (Å²) in [5, 5.41) is 3.08. The summed E-state index contributed by atoms with van der Waals surface area (Å²) in [6.45, 7) is 4.77. The first-order valence-corrected chi connectivity index (χ1v) is 8.33. The number of nitrogens with one attached hydrogen (secondary N) is 1. The summed E-state index contributed by atoms with van der Waals surface area (Å²) in [4.78, 5) is 4.49. The van der Waals surface area contributed by atoms with E-state index in [1.165, 1.54) is 0 Å². The third-order valence-electron chi connectivity index (χ3n) is 4.15. The molecule has 2 rings (SSSR count). The van der Waals surface area contributed by atoms with E-state index in [1.54, 1.807) is 21.3 Å². The predicted octanol–water partition coefficient (Wildman–Crippen LogP) is 4.03. The van der Waals surface area contributed by atoms with Crippen molar-refractivity contribution in [1.82, 2.24) is 0 Å². The molecule has 0 heterocycles. The van der Waals surface area contributed by atoms with E-state index in [1.807, 2.05) is 36.4 Å². The van der Waals surface area contributed by atoms with Crippen molar-refractivity contribution in [2.24, 2.45) is 10.7 Å². The van der Waals surface area contributed by atoms with Crippen molar-refractivity contribution in [2.75, 3.05) is 33.2 Å². The third-order valence-corrected chi connectivity index (χ3v) is 4.15. The highest BCUT2D eigenvalue weighted by molar-refractivity contribution is 14.0. The minimum atomic E-state index is -0.182. The molecule has 148 valence electrons. The number of benzene rings is 2. The molecule has 7 heteroatoms. The van der Waals surface area contributed by atoms with Crippen LogP contribution in [0.4, 0.5) is 5.69 Å². The first kappa shape index (κ1) is 22.9. The van der Waals surface area contributed by atoms with Crippen LogP contribution in [0.2, 0.25) is 0 Å². The molecule has 6 nitrogen and oxygen atoms in total. The minimum absolute atomic E-state index is 0. The Morgan fingerprint density at radius 3 is 2.33 bits per heavy atom. The summed E-state index contributed by atoms with van der Waals surface area (Å²) in [6, 6.07) is 13.5. The van der Waals surface area contributed by atoms with E-state index in [0.29, 0.717) is 24.0 Å². The maximum atomic E-state index is 6.05. The third kappa shape index (κ3) is 6.20. The molecule has 0 aliphatic heterocycles. The lowest BCUT2D eigenvalue weighted by Gasteiger charge is -2.24. The molecule has 0 fully saturated rings. The minimum Gasteiger partial charge on any atom is -0.497 e. The van der Waals surface area contributed by atoms with Crippen LogP contribution in [0.15, 0.2) is 47.5 Å². The summed E-state index contributed by atoms with van der Waals surface area (Å²) in [7, 11) is 4.85. The molecule has 27 heavy (non-hydrogen) atoms. The van der Waals surface area contributed by atoms with Gasteiger partial charge in [0.2, 0.25) is 0 Å². The van der Waals surface area contributed by atoms with E-state index in [2.05, 4.69) is 30.2 Å². The van der Waals surface area contributed by atoms with Crippen LogP contribution in [0, 0.1) is 0 Å².